The number of hydrogen-bond donors (Lipinski definition) is 3. The van der Waals surface area contributed by atoms with Crippen molar-refractivity contribution >= 4 is 40.0 Å². The van der Waals surface area contributed by atoms with Gasteiger partial charge in [0.05, 0.1) is 10.4 Å². The molecule has 3 N–H and O–H groups in total. The highest BCUT2D eigenvalue weighted by Crippen LogP contribution is 2.28. The van der Waals surface area contributed by atoms with Crippen LogP contribution < -0.4 is 5.32 Å². The van der Waals surface area contributed by atoms with Gasteiger partial charge in [-0.3, -0.25) is 14.9 Å². The summed E-state index contributed by atoms with van der Waals surface area (Å²) in [5.74, 6) is 0.404. The number of nitrogens with zero attached hydrogens (tertiary/aromatic N) is 1. The molecule has 0 unspecified atom stereocenters. The van der Waals surface area contributed by atoms with Crippen LogP contribution in [0.5, 0.6) is 5.75 Å². The van der Waals surface area contributed by atoms with Gasteiger partial charge in [0.25, 0.3) is 11.1 Å². The van der Waals surface area contributed by atoms with Crippen molar-refractivity contribution in [1.82, 2.24) is 15.3 Å². The van der Waals surface area contributed by atoms with Crippen molar-refractivity contribution in [2.45, 2.75) is 0 Å². The Labute approximate surface area is 140 Å². The van der Waals surface area contributed by atoms with E-state index in [0.29, 0.717) is 16.2 Å². The predicted octanol–water partition coefficient (Wildman–Crippen LogP) is 3.26. The second kappa shape index (κ2) is 5.54. The number of amides is 2. The van der Waals surface area contributed by atoms with Gasteiger partial charge in [0, 0.05) is 5.56 Å². The van der Waals surface area contributed by atoms with Gasteiger partial charge >= 0.3 is 0 Å². The number of para-hydroxylation sites is 1. The fraction of sp³-hybridized carbons (Fsp3) is 0. The molecule has 24 heavy (non-hydrogen) atoms. The molecular weight excluding hydrogens is 326 g/mol. The number of fused-ring (bicyclic) bond motifs is 1. The third-order valence-electron chi connectivity index (χ3n) is 3.62. The quantitative estimate of drug-likeness (QED) is 0.624. The number of hydrogen-bond acceptors (Lipinski definition) is 5. The summed E-state index contributed by atoms with van der Waals surface area (Å²) in [6.07, 6.45) is 1.67. The van der Waals surface area contributed by atoms with E-state index >= 15 is 0 Å². The first-order chi connectivity index (χ1) is 11.6. The van der Waals surface area contributed by atoms with Gasteiger partial charge in [-0.05, 0) is 35.5 Å². The molecule has 0 bridgehead atoms. The number of imidazole rings is 1. The first-order valence-electron chi connectivity index (χ1n) is 7.13. The highest BCUT2D eigenvalue weighted by molar-refractivity contribution is 8.18. The maximum absolute atomic E-state index is 11.5. The molecule has 0 atom stereocenters. The van der Waals surface area contributed by atoms with Crippen molar-refractivity contribution in [2.24, 2.45) is 0 Å². The SMILES string of the molecule is O=C1NC(=O)/C(=C\c2ccc(-c3nc4c(O)cccc4[nH]3)cc2)S1. The minimum Gasteiger partial charge on any atom is -0.506 e. The van der Waals surface area contributed by atoms with Gasteiger partial charge in [0.2, 0.25) is 0 Å². The van der Waals surface area contributed by atoms with Crippen LogP contribution in [0.2, 0.25) is 0 Å². The molecule has 6 nitrogen and oxygen atoms in total. The topological polar surface area (TPSA) is 95.1 Å². The van der Waals surface area contributed by atoms with Crippen LogP contribution in [0.15, 0.2) is 47.4 Å². The van der Waals surface area contributed by atoms with Gasteiger partial charge in [-0.2, -0.15) is 0 Å². The predicted molar refractivity (Wildman–Crippen MR) is 92.3 cm³/mol. The monoisotopic (exact) mass is 337 g/mol. The molecule has 2 heterocycles. The molecule has 1 fully saturated rings. The van der Waals surface area contributed by atoms with Crippen molar-refractivity contribution in [3.05, 3.63) is 52.9 Å². The maximum atomic E-state index is 11.5. The molecule has 0 aliphatic carbocycles. The molecule has 7 heteroatoms. The third-order valence-corrected chi connectivity index (χ3v) is 4.43. The molecule has 1 saturated heterocycles. The number of aromatic amines is 1. The molecule has 1 aromatic heterocycles. The van der Waals surface area contributed by atoms with Crippen LogP contribution in [0.25, 0.3) is 28.5 Å². The molecule has 2 amide bonds. The van der Waals surface area contributed by atoms with Gasteiger partial charge < -0.3 is 10.1 Å². The number of phenols is 1. The number of benzene rings is 2. The lowest BCUT2D eigenvalue weighted by Gasteiger charge is -1.99. The summed E-state index contributed by atoms with van der Waals surface area (Å²) >= 11 is 0.889. The lowest BCUT2D eigenvalue weighted by molar-refractivity contribution is -0.115. The first-order valence-corrected chi connectivity index (χ1v) is 7.95. The molecule has 0 spiro atoms. The molecule has 3 aromatic rings. The fourth-order valence-corrected chi connectivity index (χ4v) is 3.15. The normalized spacial score (nSPS) is 16.1. The number of rotatable bonds is 2. The van der Waals surface area contributed by atoms with Crippen LogP contribution in [0.4, 0.5) is 4.79 Å². The summed E-state index contributed by atoms with van der Waals surface area (Å²) in [5, 5.41) is 11.7. The van der Waals surface area contributed by atoms with Crippen LogP contribution >= 0.6 is 11.8 Å². The number of imide groups is 1. The van der Waals surface area contributed by atoms with E-state index in [9.17, 15) is 14.7 Å². The minimum absolute atomic E-state index is 0.130. The number of carbonyl (C=O) groups is 2. The largest absolute Gasteiger partial charge is 0.506 e. The molecule has 2 aromatic carbocycles. The Morgan fingerprint density at radius 1 is 1.08 bits per heavy atom. The van der Waals surface area contributed by atoms with Gasteiger partial charge in [-0.1, -0.05) is 30.3 Å². The minimum atomic E-state index is -0.373. The zero-order chi connectivity index (χ0) is 16.7. The van der Waals surface area contributed by atoms with Gasteiger partial charge in [0.15, 0.2) is 0 Å². The molecule has 1 aliphatic heterocycles. The number of carbonyl (C=O) groups excluding carboxylic acids is 2. The van der Waals surface area contributed by atoms with Crippen LogP contribution in [-0.2, 0) is 4.79 Å². The Bertz CT molecular complexity index is 1010. The summed E-state index contributed by atoms with van der Waals surface area (Å²) in [7, 11) is 0. The molecule has 4 rings (SSSR count). The number of phenolic OH excluding ortho intramolecular Hbond substituents is 1. The molecule has 0 radical (unpaired) electrons. The number of thioether (sulfide) groups is 1. The Morgan fingerprint density at radius 2 is 1.88 bits per heavy atom. The summed E-state index contributed by atoms with van der Waals surface area (Å²) < 4.78 is 0. The van der Waals surface area contributed by atoms with E-state index < -0.39 is 0 Å². The van der Waals surface area contributed by atoms with Crippen molar-refractivity contribution in [2.75, 3.05) is 0 Å². The number of aromatic nitrogens is 2. The lowest BCUT2D eigenvalue weighted by Crippen LogP contribution is -2.17. The number of nitrogens with one attached hydrogen (secondary N) is 2. The number of aromatic hydroxyl groups is 1. The first kappa shape index (κ1) is 14.5. The van der Waals surface area contributed by atoms with Crippen LogP contribution in [-0.4, -0.2) is 26.2 Å². The summed E-state index contributed by atoms with van der Waals surface area (Å²) in [6, 6.07) is 12.6. The fourth-order valence-electron chi connectivity index (χ4n) is 2.46. The van der Waals surface area contributed by atoms with Crippen LogP contribution in [0.1, 0.15) is 5.56 Å². The highest BCUT2D eigenvalue weighted by Gasteiger charge is 2.24. The van der Waals surface area contributed by atoms with E-state index in [1.807, 2.05) is 30.3 Å². The van der Waals surface area contributed by atoms with Gasteiger partial charge in [-0.15, -0.1) is 0 Å². The van der Waals surface area contributed by atoms with Gasteiger partial charge in [-0.25, -0.2) is 4.98 Å². The second-order valence-corrected chi connectivity index (χ2v) is 6.25. The Balaban J connectivity index is 1.66. The Morgan fingerprint density at radius 3 is 2.54 bits per heavy atom. The Hall–Kier alpha value is -3.06. The zero-order valence-corrected chi connectivity index (χ0v) is 13.1. The van der Waals surface area contributed by atoms with E-state index in [1.54, 1.807) is 18.2 Å². The third kappa shape index (κ3) is 2.55. The second-order valence-electron chi connectivity index (χ2n) is 5.23. The van der Waals surface area contributed by atoms with Crippen LogP contribution in [0, 0.1) is 0 Å². The van der Waals surface area contributed by atoms with Crippen molar-refractivity contribution in [3.63, 3.8) is 0 Å². The van der Waals surface area contributed by atoms with E-state index in [1.165, 1.54) is 0 Å². The standard InChI is InChI=1S/C17H11N3O3S/c21-12-3-1-2-11-14(12)19-15(18-11)10-6-4-9(5-7-10)8-13-16(22)20-17(23)24-13/h1-8,21H,(H,18,19)(H,20,22,23)/b13-8+. The summed E-state index contributed by atoms with van der Waals surface area (Å²) in [4.78, 5) is 30.7. The van der Waals surface area contributed by atoms with E-state index in [4.69, 9.17) is 0 Å². The smallest absolute Gasteiger partial charge is 0.290 e. The summed E-state index contributed by atoms with van der Waals surface area (Å²) in [6.45, 7) is 0. The maximum Gasteiger partial charge on any atom is 0.290 e. The highest BCUT2D eigenvalue weighted by atomic mass is 32.2. The average molecular weight is 337 g/mol. The van der Waals surface area contributed by atoms with Crippen LogP contribution in [0.3, 0.4) is 0 Å². The van der Waals surface area contributed by atoms with E-state index in [0.717, 1.165) is 28.4 Å². The lowest BCUT2D eigenvalue weighted by atomic mass is 10.1. The van der Waals surface area contributed by atoms with Crippen molar-refractivity contribution in [1.29, 1.82) is 0 Å². The van der Waals surface area contributed by atoms with Gasteiger partial charge in [0.1, 0.15) is 17.1 Å². The molecule has 1 aliphatic rings. The van der Waals surface area contributed by atoms with E-state index in [-0.39, 0.29) is 16.9 Å². The Kier molecular flexibility index (Phi) is 3.35. The molecular formula is C17H11N3O3S. The average Bonchev–Trinajstić information content (AvgIpc) is 3.13. The molecule has 118 valence electrons. The number of H-pyrrole nitrogens is 1. The molecule has 0 saturated carbocycles. The summed E-state index contributed by atoms with van der Waals surface area (Å²) in [5.41, 5.74) is 2.95. The van der Waals surface area contributed by atoms with Crippen molar-refractivity contribution in [3.8, 4) is 17.1 Å². The zero-order valence-electron chi connectivity index (χ0n) is 12.2. The van der Waals surface area contributed by atoms with Crippen molar-refractivity contribution < 1.29 is 14.7 Å². The van der Waals surface area contributed by atoms with E-state index in [2.05, 4.69) is 15.3 Å².